The van der Waals surface area contributed by atoms with E-state index in [0.29, 0.717) is 0 Å². The molecular weight excluding hydrogens is 216 g/mol. The van der Waals surface area contributed by atoms with Crippen molar-refractivity contribution in [3.8, 4) is 0 Å². The number of nitrogens with two attached hydrogens (primary N) is 1. The van der Waals surface area contributed by atoms with Gasteiger partial charge in [-0.3, -0.25) is 4.79 Å². The van der Waals surface area contributed by atoms with E-state index in [1.165, 1.54) is 0 Å². The molecule has 0 bridgehead atoms. The van der Waals surface area contributed by atoms with E-state index >= 15 is 0 Å². The average molecular weight is 242 g/mol. The maximum absolute atomic E-state index is 11.5. The van der Waals surface area contributed by atoms with Gasteiger partial charge in [0.25, 0.3) is 0 Å². The Balaban J connectivity index is 2.37. The van der Waals surface area contributed by atoms with Crippen molar-refractivity contribution >= 4 is 5.91 Å². The van der Waals surface area contributed by atoms with Crippen molar-refractivity contribution in [1.29, 1.82) is 0 Å². The molecule has 0 saturated carbocycles. The van der Waals surface area contributed by atoms with Crippen LogP contribution in [0.4, 0.5) is 0 Å². The Labute approximate surface area is 104 Å². The molecule has 1 aliphatic heterocycles. The number of hydrogen-bond acceptors (Lipinski definition) is 3. The minimum absolute atomic E-state index is 0.250. The maximum Gasteiger partial charge on any atom is 0.237 e. The molecule has 100 valence electrons. The van der Waals surface area contributed by atoms with Crippen molar-refractivity contribution in [3.05, 3.63) is 0 Å². The van der Waals surface area contributed by atoms with Gasteiger partial charge >= 0.3 is 0 Å². The van der Waals surface area contributed by atoms with Gasteiger partial charge in [0, 0.05) is 13.2 Å². The van der Waals surface area contributed by atoms with E-state index in [0.717, 1.165) is 51.7 Å². The summed E-state index contributed by atoms with van der Waals surface area (Å²) in [6.45, 7) is 5.63. The Morgan fingerprint density at radius 1 is 1.53 bits per heavy atom. The Kier molecular flexibility index (Phi) is 5.92. The number of carbonyl (C=O) groups excluding carboxylic acids is 1. The van der Waals surface area contributed by atoms with Crippen LogP contribution in [-0.4, -0.2) is 30.7 Å². The molecule has 0 spiro atoms. The minimum Gasteiger partial charge on any atom is -0.377 e. The Hall–Kier alpha value is -0.610. The third-order valence-corrected chi connectivity index (χ3v) is 3.57. The molecule has 2 unspecified atom stereocenters. The average Bonchev–Trinajstić information content (AvgIpc) is 2.79. The smallest absolute Gasteiger partial charge is 0.237 e. The van der Waals surface area contributed by atoms with Crippen molar-refractivity contribution in [2.75, 3.05) is 13.2 Å². The lowest BCUT2D eigenvalue weighted by Gasteiger charge is -2.29. The number of carbonyl (C=O) groups is 1. The number of amides is 1. The van der Waals surface area contributed by atoms with Crippen molar-refractivity contribution in [2.45, 2.75) is 64.0 Å². The molecule has 1 aliphatic rings. The zero-order valence-corrected chi connectivity index (χ0v) is 11.1. The second-order valence-corrected chi connectivity index (χ2v) is 5.17. The van der Waals surface area contributed by atoms with E-state index in [1.807, 2.05) is 6.92 Å². The molecule has 1 amide bonds. The molecule has 0 aliphatic carbocycles. The summed E-state index contributed by atoms with van der Waals surface area (Å²) in [7, 11) is 0. The van der Waals surface area contributed by atoms with E-state index in [9.17, 15) is 4.79 Å². The van der Waals surface area contributed by atoms with E-state index < -0.39 is 5.54 Å². The molecule has 0 radical (unpaired) electrons. The van der Waals surface area contributed by atoms with Gasteiger partial charge in [-0.05, 0) is 26.2 Å². The van der Waals surface area contributed by atoms with Crippen LogP contribution in [0.3, 0.4) is 0 Å². The molecule has 4 nitrogen and oxygen atoms in total. The summed E-state index contributed by atoms with van der Waals surface area (Å²) in [4.78, 5) is 11.5. The van der Waals surface area contributed by atoms with Crippen LogP contribution >= 0.6 is 0 Å². The zero-order valence-electron chi connectivity index (χ0n) is 11.1. The minimum atomic E-state index is -0.582. The standard InChI is InChI=1S/C13H26N2O2/c1-3-4-5-8-13(2,12(14)16)15-10-11-7-6-9-17-11/h11,15H,3-10H2,1-2H3,(H2,14,16). The quantitative estimate of drug-likeness (QED) is 0.635. The second kappa shape index (κ2) is 6.97. The fraction of sp³-hybridized carbons (Fsp3) is 0.923. The van der Waals surface area contributed by atoms with Crippen LogP contribution in [0.25, 0.3) is 0 Å². The predicted molar refractivity (Wildman–Crippen MR) is 68.7 cm³/mol. The molecule has 1 fully saturated rings. The van der Waals surface area contributed by atoms with Crippen molar-refractivity contribution < 1.29 is 9.53 Å². The van der Waals surface area contributed by atoms with E-state index in [2.05, 4.69) is 12.2 Å². The molecule has 0 aromatic carbocycles. The fourth-order valence-corrected chi connectivity index (χ4v) is 2.17. The summed E-state index contributed by atoms with van der Waals surface area (Å²) in [5, 5.41) is 3.30. The van der Waals surface area contributed by atoms with Gasteiger partial charge in [0.15, 0.2) is 0 Å². The van der Waals surface area contributed by atoms with Crippen LogP contribution in [0.1, 0.15) is 52.4 Å². The molecule has 1 heterocycles. The molecule has 3 N–H and O–H groups in total. The van der Waals surface area contributed by atoms with Crippen molar-refractivity contribution in [2.24, 2.45) is 5.73 Å². The third-order valence-electron chi connectivity index (χ3n) is 3.57. The summed E-state index contributed by atoms with van der Waals surface area (Å²) >= 11 is 0. The van der Waals surface area contributed by atoms with Gasteiger partial charge in [-0.15, -0.1) is 0 Å². The van der Waals surface area contributed by atoms with Gasteiger partial charge in [-0.1, -0.05) is 26.2 Å². The van der Waals surface area contributed by atoms with Crippen LogP contribution in [0.15, 0.2) is 0 Å². The first-order chi connectivity index (χ1) is 8.08. The van der Waals surface area contributed by atoms with Gasteiger partial charge in [-0.2, -0.15) is 0 Å². The molecule has 1 rings (SSSR count). The number of hydrogen-bond donors (Lipinski definition) is 2. The zero-order chi connectivity index (χ0) is 12.7. The molecular formula is C13H26N2O2. The van der Waals surface area contributed by atoms with Crippen LogP contribution in [0.5, 0.6) is 0 Å². The molecule has 2 atom stereocenters. The van der Waals surface area contributed by atoms with Crippen LogP contribution < -0.4 is 11.1 Å². The lowest BCUT2D eigenvalue weighted by Crippen LogP contribution is -2.54. The Morgan fingerprint density at radius 2 is 2.29 bits per heavy atom. The summed E-state index contributed by atoms with van der Waals surface area (Å²) in [5.74, 6) is -0.258. The first-order valence-corrected chi connectivity index (χ1v) is 6.75. The van der Waals surface area contributed by atoms with Crippen LogP contribution in [0.2, 0.25) is 0 Å². The Bertz CT molecular complexity index is 240. The van der Waals surface area contributed by atoms with Crippen LogP contribution in [-0.2, 0) is 9.53 Å². The normalized spacial score (nSPS) is 23.5. The molecule has 0 aromatic rings. The summed E-state index contributed by atoms with van der Waals surface area (Å²) in [6, 6.07) is 0. The lowest BCUT2D eigenvalue weighted by atomic mass is 9.93. The summed E-state index contributed by atoms with van der Waals surface area (Å²) < 4.78 is 5.54. The fourth-order valence-electron chi connectivity index (χ4n) is 2.17. The summed E-state index contributed by atoms with van der Waals surface area (Å²) in [6.07, 6.45) is 6.59. The third kappa shape index (κ3) is 4.64. The largest absolute Gasteiger partial charge is 0.377 e. The van der Waals surface area contributed by atoms with Gasteiger partial charge in [0.1, 0.15) is 0 Å². The molecule has 17 heavy (non-hydrogen) atoms. The number of rotatable bonds is 8. The van der Waals surface area contributed by atoms with Gasteiger partial charge < -0.3 is 15.8 Å². The number of nitrogens with one attached hydrogen (secondary N) is 1. The molecule has 4 heteroatoms. The molecule has 1 saturated heterocycles. The van der Waals surface area contributed by atoms with Gasteiger partial charge in [-0.25, -0.2) is 0 Å². The van der Waals surface area contributed by atoms with Gasteiger partial charge in [0.2, 0.25) is 5.91 Å². The highest BCUT2D eigenvalue weighted by atomic mass is 16.5. The number of primary amides is 1. The van der Waals surface area contributed by atoms with E-state index in [4.69, 9.17) is 10.5 Å². The first kappa shape index (κ1) is 14.5. The highest BCUT2D eigenvalue weighted by Crippen LogP contribution is 2.17. The SMILES string of the molecule is CCCCCC(C)(NCC1CCCO1)C(N)=O. The topological polar surface area (TPSA) is 64.3 Å². The number of ether oxygens (including phenoxy) is 1. The van der Waals surface area contributed by atoms with Gasteiger partial charge in [0.05, 0.1) is 11.6 Å². The summed E-state index contributed by atoms with van der Waals surface area (Å²) in [5.41, 5.74) is 4.91. The Morgan fingerprint density at radius 3 is 2.82 bits per heavy atom. The highest BCUT2D eigenvalue weighted by Gasteiger charge is 2.31. The second-order valence-electron chi connectivity index (χ2n) is 5.17. The number of unbranched alkanes of at least 4 members (excludes halogenated alkanes) is 2. The molecule has 0 aromatic heterocycles. The van der Waals surface area contributed by atoms with Crippen molar-refractivity contribution in [3.63, 3.8) is 0 Å². The van der Waals surface area contributed by atoms with E-state index in [-0.39, 0.29) is 12.0 Å². The van der Waals surface area contributed by atoms with Crippen molar-refractivity contribution in [1.82, 2.24) is 5.32 Å². The maximum atomic E-state index is 11.5. The van der Waals surface area contributed by atoms with E-state index in [1.54, 1.807) is 0 Å². The monoisotopic (exact) mass is 242 g/mol. The first-order valence-electron chi connectivity index (χ1n) is 6.75. The lowest BCUT2D eigenvalue weighted by molar-refractivity contribution is -0.124. The predicted octanol–water partition coefficient (Wildman–Crippen LogP) is 1.58. The van der Waals surface area contributed by atoms with Crippen LogP contribution in [0, 0.1) is 0 Å². The highest BCUT2D eigenvalue weighted by molar-refractivity contribution is 5.84.